The molecule has 7 nitrogen and oxygen atoms in total. The zero-order chi connectivity index (χ0) is 19.5. The average Bonchev–Trinajstić information content (AvgIpc) is 3.36. The van der Waals surface area contributed by atoms with Gasteiger partial charge in [-0.1, -0.05) is 17.3 Å². The number of carbonyl (C=O) groups is 1. The lowest BCUT2D eigenvalue weighted by molar-refractivity contribution is -0.117. The molecule has 7 heteroatoms. The van der Waals surface area contributed by atoms with E-state index in [4.69, 9.17) is 14.5 Å². The predicted molar refractivity (Wildman–Crippen MR) is 102 cm³/mol. The normalized spacial score (nSPS) is 16.2. The first kappa shape index (κ1) is 17.7. The molecule has 1 atom stereocenters. The summed E-state index contributed by atoms with van der Waals surface area (Å²) < 4.78 is 11.0. The average molecular weight is 374 g/mol. The highest BCUT2D eigenvalue weighted by molar-refractivity contribution is 5.97. The molecule has 0 saturated carbocycles. The highest BCUT2D eigenvalue weighted by Gasteiger charge is 2.35. The maximum absolute atomic E-state index is 12.6. The molecule has 0 aliphatic carbocycles. The third kappa shape index (κ3) is 3.32. The van der Waals surface area contributed by atoms with Crippen LogP contribution in [0.2, 0.25) is 0 Å². The van der Waals surface area contributed by atoms with E-state index in [0.29, 0.717) is 42.6 Å². The second-order valence-electron chi connectivity index (χ2n) is 6.45. The van der Waals surface area contributed by atoms with E-state index < -0.39 is 0 Å². The standard InChI is InChI=1S/C21H18N4O3/c1-2-27-18-6-4-3-5-17(18)25-13-16(11-19(25)26)20-23-21(28-24-20)15-9-7-14(12-22)8-10-15/h3-10,16H,2,11,13H2,1H3. The monoisotopic (exact) mass is 374 g/mol. The Bertz CT molecular complexity index is 1040. The van der Waals surface area contributed by atoms with Crippen molar-refractivity contribution in [1.29, 1.82) is 5.26 Å². The Morgan fingerprint density at radius 2 is 2.04 bits per heavy atom. The molecule has 1 saturated heterocycles. The van der Waals surface area contributed by atoms with Crippen LogP contribution in [0.5, 0.6) is 5.75 Å². The molecule has 1 aliphatic heterocycles. The van der Waals surface area contributed by atoms with Gasteiger partial charge in [-0.2, -0.15) is 10.2 Å². The molecule has 4 rings (SSSR count). The van der Waals surface area contributed by atoms with Gasteiger partial charge >= 0.3 is 0 Å². The molecule has 1 amide bonds. The maximum atomic E-state index is 12.6. The van der Waals surface area contributed by atoms with E-state index in [-0.39, 0.29) is 11.8 Å². The van der Waals surface area contributed by atoms with Crippen molar-refractivity contribution >= 4 is 11.6 Å². The number of nitrogens with zero attached hydrogens (tertiary/aromatic N) is 4. The largest absolute Gasteiger partial charge is 0.492 e. The number of benzene rings is 2. The van der Waals surface area contributed by atoms with Crippen LogP contribution in [-0.4, -0.2) is 29.2 Å². The van der Waals surface area contributed by atoms with Gasteiger partial charge in [0.05, 0.1) is 23.9 Å². The fourth-order valence-corrected chi connectivity index (χ4v) is 3.28. The van der Waals surface area contributed by atoms with Crippen LogP contribution >= 0.6 is 0 Å². The fourth-order valence-electron chi connectivity index (χ4n) is 3.28. The van der Waals surface area contributed by atoms with Gasteiger partial charge in [0, 0.05) is 24.4 Å². The summed E-state index contributed by atoms with van der Waals surface area (Å²) in [5, 5.41) is 13.0. The zero-order valence-electron chi connectivity index (χ0n) is 15.3. The Balaban J connectivity index is 1.55. The number of rotatable bonds is 5. The summed E-state index contributed by atoms with van der Waals surface area (Å²) in [6, 6.07) is 16.5. The van der Waals surface area contributed by atoms with Crippen LogP contribution in [0.25, 0.3) is 11.5 Å². The molecule has 140 valence electrons. The molecular formula is C21H18N4O3. The van der Waals surface area contributed by atoms with Crippen molar-refractivity contribution in [2.45, 2.75) is 19.3 Å². The van der Waals surface area contributed by atoms with Crippen LogP contribution in [0.1, 0.15) is 30.7 Å². The minimum atomic E-state index is -0.155. The lowest BCUT2D eigenvalue weighted by Gasteiger charge is -2.19. The van der Waals surface area contributed by atoms with Crippen LogP contribution in [0.15, 0.2) is 53.1 Å². The summed E-state index contributed by atoms with van der Waals surface area (Å²) in [7, 11) is 0. The van der Waals surface area contributed by atoms with E-state index in [1.54, 1.807) is 29.2 Å². The number of nitriles is 1. The molecule has 0 spiro atoms. The number of hydrogen-bond acceptors (Lipinski definition) is 6. The second kappa shape index (κ2) is 7.53. The van der Waals surface area contributed by atoms with Gasteiger partial charge in [-0.05, 0) is 43.3 Å². The number of amides is 1. The van der Waals surface area contributed by atoms with Gasteiger partial charge < -0.3 is 14.2 Å². The van der Waals surface area contributed by atoms with Crippen molar-refractivity contribution in [3.63, 3.8) is 0 Å². The molecule has 1 fully saturated rings. The van der Waals surface area contributed by atoms with Gasteiger partial charge in [-0.15, -0.1) is 0 Å². The van der Waals surface area contributed by atoms with Crippen molar-refractivity contribution < 1.29 is 14.1 Å². The van der Waals surface area contributed by atoms with Gasteiger partial charge in [-0.3, -0.25) is 4.79 Å². The summed E-state index contributed by atoms with van der Waals surface area (Å²) in [6.45, 7) is 2.91. The minimum absolute atomic E-state index is 0.00174. The summed E-state index contributed by atoms with van der Waals surface area (Å²) in [5.41, 5.74) is 2.06. The molecule has 2 heterocycles. The minimum Gasteiger partial charge on any atom is -0.492 e. The summed E-state index contributed by atoms with van der Waals surface area (Å²) >= 11 is 0. The Morgan fingerprint density at radius 1 is 1.25 bits per heavy atom. The van der Waals surface area contributed by atoms with E-state index in [1.165, 1.54) is 0 Å². The Morgan fingerprint density at radius 3 is 2.79 bits per heavy atom. The summed E-state index contributed by atoms with van der Waals surface area (Å²) in [5.74, 6) is 1.41. The topological polar surface area (TPSA) is 92.2 Å². The lowest BCUT2D eigenvalue weighted by Crippen LogP contribution is -2.25. The van der Waals surface area contributed by atoms with Crippen LogP contribution in [0.3, 0.4) is 0 Å². The number of aromatic nitrogens is 2. The third-order valence-corrected chi connectivity index (χ3v) is 4.65. The molecule has 0 bridgehead atoms. The van der Waals surface area contributed by atoms with Gasteiger partial charge in [0.1, 0.15) is 5.75 Å². The molecular weight excluding hydrogens is 356 g/mol. The van der Waals surface area contributed by atoms with Crippen molar-refractivity contribution in [2.75, 3.05) is 18.1 Å². The van der Waals surface area contributed by atoms with Crippen LogP contribution < -0.4 is 9.64 Å². The van der Waals surface area contributed by atoms with Crippen molar-refractivity contribution in [3.8, 4) is 23.3 Å². The number of ether oxygens (including phenoxy) is 1. The van der Waals surface area contributed by atoms with Crippen LogP contribution in [0, 0.1) is 11.3 Å². The third-order valence-electron chi connectivity index (χ3n) is 4.65. The van der Waals surface area contributed by atoms with Gasteiger partial charge in [0.2, 0.25) is 5.91 Å². The SMILES string of the molecule is CCOc1ccccc1N1CC(c2noc(-c3ccc(C#N)cc3)n2)CC1=O. The van der Waals surface area contributed by atoms with Crippen LogP contribution in [0.4, 0.5) is 5.69 Å². The molecule has 1 unspecified atom stereocenters. The van der Waals surface area contributed by atoms with Crippen molar-refractivity contribution in [2.24, 2.45) is 0 Å². The maximum Gasteiger partial charge on any atom is 0.257 e. The quantitative estimate of drug-likeness (QED) is 0.678. The molecule has 0 N–H and O–H groups in total. The fraction of sp³-hybridized carbons (Fsp3) is 0.238. The molecule has 3 aromatic rings. The molecule has 1 aromatic heterocycles. The number of para-hydroxylation sites is 2. The Labute approximate surface area is 162 Å². The smallest absolute Gasteiger partial charge is 0.257 e. The van der Waals surface area contributed by atoms with E-state index >= 15 is 0 Å². The molecule has 0 radical (unpaired) electrons. The van der Waals surface area contributed by atoms with E-state index in [1.807, 2.05) is 31.2 Å². The summed E-state index contributed by atoms with van der Waals surface area (Å²) in [4.78, 5) is 18.8. The first-order valence-corrected chi connectivity index (χ1v) is 9.06. The van der Waals surface area contributed by atoms with Gasteiger partial charge in [0.25, 0.3) is 5.89 Å². The number of hydrogen-bond donors (Lipinski definition) is 0. The van der Waals surface area contributed by atoms with Crippen molar-refractivity contribution in [3.05, 3.63) is 59.9 Å². The molecule has 28 heavy (non-hydrogen) atoms. The van der Waals surface area contributed by atoms with Gasteiger partial charge in [-0.25, -0.2) is 0 Å². The highest BCUT2D eigenvalue weighted by Crippen LogP contribution is 2.36. The number of carbonyl (C=O) groups excluding carboxylic acids is 1. The highest BCUT2D eigenvalue weighted by atomic mass is 16.5. The zero-order valence-corrected chi connectivity index (χ0v) is 15.3. The van der Waals surface area contributed by atoms with Crippen molar-refractivity contribution in [1.82, 2.24) is 10.1 Å². The predicted octanol–water partition coefficient (Wildman–Crippen LogP) is 3.53. The molecule has 1 aliphatic rings. The Kier molecular flexibility index (Phi) is 4.77. The summed E-state index contributed by atoms with van der Waals surface area (Å²) in [6.07, 6.45) is 0.312. The van der Waals surface area contributed by atoms with E-state index in [9.17, 15) is 4.79 Å². The lowest BCUT2D eigenvalue weighted by atomic mass is 10.1. The Hall–Kier alpha value is -3.66. The van der Waals surface area contributed by atoms with E-state index in [2.05, 4.69) is 16.2 Å². The van der Waals surface area contributed by atoms with Gasteiger partial charge in [0.15, 0.2) is 5.82 Å². The van der Waals surface area contributed by atoms with E-state index in [0.717, 1.165) is 11.3 Å². The first-order chi connectivity index (χ1) is 13.7. The molecule has 2 aromatic carbocycles. The first-order valence-electron chi connectivity index (χ1n) is 9.06. The number of anilines is 1. The van der Waals surface area contributed by atoms with Crippen LogP contribution in [-0.2, 0) is 4.79 Å². The second-order valence-corrected chi connectivity index (χ2v) is 6.45.